The Labute approximate surface area is 377 Å². The van der Waals surface area contributed by atoms with E-state index in [2.05, 4.69) is 39.0 Å². The van der Waals surface area contributed by atoms with Crippen LogP contribution in [0.15, 0.2) is 97.1 Å². The minimum Gasteiger partial charge on any atom is -0.398 e. The smallest absolute Gasteiger partial charge is 0.316 e. The molecule has 4 fully saturated rings. The Balaban J connectivity index is 0.000000190. The molecule has 4 unspecified atom stereocenters. The van der Waals surface area contributed by atoms with Crippen LogP contribution < -0.4 is 16.8 Å². The number of urea groups is 1. The minimum atomic E-state index is -0.701. The second-order valence-corrected chi connectivity index (χ2v) is 17.7. The van der Waals surface area contributed by atoms with Gasteiger partial charge in [-0.3, -0.25) is 19.4 Å². The van der Waals surface area contributed by atoms with Gasteiger partial charge in [0.2, 0.25) is 11.8 Å². The molecule has 4 atom stereocenters. The molecule has 8 rings (SSSR count). The summed E-state index contributed by atoms with van der Waals surface area (Å²) < 4.78 is 26.4. The SMILES string of the molecule is CN1CC2CN(Cc3ccc(F)cc3)CC(C1)N2C(=O)/C=C/c1ccc(Cl)cc1N.CN1CC2CN(Cc3ccc(F)cc3)CC(C1)N2C(=O)/C=C/c1ccc(Cl)cc1NC(N)=O. The number of carbonyl (C=O) groups is 3. The van der Waals surface area contributed by atoms with Crippen molar-refractivity contribution in [3.8, 4) is 0 Å². The van der Waals surface area contributed by atoms with Crippen LogP contribution in [0.2, 0.25) is 10.0 Å². The number of hydrogen-bond donors (Lipinski definition) is 3. The van der Waals surface area contributed by atoms with E-state index in [4.69, 9.17) is 34.7 Å². The lowest BCUT2D eigenvalue weighted by atomic mass is 9.99. The highest BCUT2D eigenvalue weighted by molar-refractivity contribution is 6.31. The molecule has 4 aromatic rings. The maximum absolute atomic E-state index is 13.2. The van der Waals surface area contributed by atoms with Crippen LogP contribution in [0.1, 0.15) is 22.3 Å². The molecule has 63 heavy (non-hydrogen) atoms. The lowest BCUT2D eigenvalue weighted by molar-refractivity contribution is -0.141. The third-order valence-electron chi connectivity index (χ3n) is 11.8. The summed E-state index contributed by atoms with van der Waals surface area (Å²) in [5, 5.41) is 3.57. The second-order valence-electron chi connectivity index (χ2n) is 16.9. The molecule has 332 valence electrons. The van der Waals surface area contributed by atoms with Crippen molar-refractivity contribution < 1.29 is 23.2 Å². The quantitative estimate of drug-likeness (QED) is 0.136. The number of nitrogens with two attached hydrogens (primary N) is 2. The first-order chi connectivity index (χ1) is 30.2. The normalized spacial score (nSPS) is 21.9. The first kappa shape index (κ1) is 45.7. The van der Waals surface area contributed by atoms with Crippen LogP contribution in [0, 0.1) is 11.6 Å². The zero-order chi connectivity index (χ0) is 44.8. The van der Waals surface area contributed by atoms with E-state index in [9.17, 15) is 23.2 Å². The number of nitrogens with one attached hydrogen (secondary N) is 1. The Hall–Kier alpha value is -5.35. The van der Waals surface area contributed by atoms with Crippen molar-refractivity contribution in [3.63, 3.8) is 0 Å². The minimum absolute atomic E-state index is 0.00822. The van der Waals surface area contributed by atoms with Crippen molar-refractivity contribution in [2.24, 2.45) is 5.73 Å². The van der Waals surface area contributed by atoms with Crippen LogP contribution in [-0.2, 0) is 22.7 Å². The van der Waals surface area contributed by atoms with Gasteiger partial charge in [0, 0.05) is 93.3 Å². The molecule has 4 aromatic carbocycles. The fourth-order valence-electron chi connectivity index (χ4n) is 9.24. The van der Waals surface area contributed by atoms with Gasteiger partial charge in [-0.05, 0) is 97.0 Å². The summed E-state index contributed by atoms with van der Waals surface area (Å²) in [7, 11) is 4.17. The summed E-state index contributed by atoms with van der Waals surface area (Å²) in [5.41, 5.74) is 15.8. The predicted molar refractivity (Wildman–Crippen MR) is 246 cm³/mol. The third-order valence-corrected chi connectivity index (χ3v) is 12.3. The van der Waals surface area contributed by atoms with Crippen molar-refractivity contribution in [1.29, 1.82) is 0 Å². The number of amides is 4. The van der Waals surface area contributed by atoms with Gasteiger partial charge in [-0.25, -0.2) is 13.6 Å². The number of halogens is 4. The van der Waals surface area contributed by atoms with Crippen LogP contribution >= 0.6 is 23.2 Å². The largest absolute Gasteiger partial charge is 0.398 e. The molecule has 4 aliphatic rings. The molecule has 0 spiro atoms. The van der Waals surface area contributed by atoms with Gasteiger partial charge in [0.25, 0.3) is 0 Å². The Kier molecular flexibility index (Phi) is 14.8. The van der Waals surface area contributed by atoms with Gasteiger partial charge in [-0.15, -0.1) is 0 Å². The summed E-state index contributed by atoms with van der Waals surface area (Å²) in [4.78, 5) is 50.8. The average Bonchev–Trinajstić information content (AvgIpc) is 3.21. The molecule has 16 heteroatoms. The summed E-state index contributed by atoms with van der Waals surface area (Å²) in [6, 6.07) is 23.1. The molecule has 4 amide bonds. The molecule has 4 bridgehead atoms. The van der Waals surface area contributed by atoms with Gasteiger partial charge in [-0.1, -0.05) is 59.6 Å². The summed E-state index contributed by atoms with van der Waals surface area (Å²) in [5.74, 6) is -0.525. The standard InChI is InChI=1S/C24H27ClFN5O2.C23H26ClFN4O/c1-29-12-20-14-30(11-16-2-7-19(26)8-3-16)15-21(13-29)31(20)23(32)9-5-17-4-6-18(25)10-22(17)28-24(27)33;1-27-12-20-14-28(11-16-2-7-19(25)8-3-16)15-21(13-27)29(20)23(30)9-5-17-4-6-18(24)10-22(17)26/h2-10,20-21H,11-15H2,1H3,(H3,27,28,33);2-10,20-21H,11-15,26H2,1H3/b2*9-5+. The number of carbonyl (C=O) groups excluding carboxylic acids is 3. The van der Waals surface area contributed by atoms with Gasteiger partial charge in [0.1, 0.15) is 11.6 Å². The number of fused-ring (bicyclic) bond motifs is 4. The topological polar surface area (TPSA) is 135 Å². The lowest BCUT2D eigenvalue weighted by Gasteiger charge is -2.52. The van der Waals surface area contributed by atoms with E-state index in [1.165, 1.54) is 30.3 Å². The number of likely N-dealkylation sites (N-methyl/N-ethyl adjacent to an activating group) is 2. The van der Waals surface area contributed by atoms with Gasteiger partial charge in [0.15, 0.2) is 0 Å². The summed E-state index contributed by atoms with van der Waals surface area (Å²) in [6.45, 7) is 7.79. The molecule has 4 aliphatic heterocycles. The van der Waals surface area contributed by atoms with E-state index in [1.807, 2.05) is 28.0 Å². The fraction of sp³-hybridized carbons (Fsp3) is 0.340. The number of nitrogens with zero attached hydrogens (tertiary/aromatic N) is 6. The van der Waals surface area contributed by atoms with E-state index in [0.717, 1.165) is 82.1 Å². The Morgan fingerprint density at radius 3 is 1.43 bits per heavy atom. The summed E-state index contributed by atoms with van der Waals surface area (Å²) >= 11 is 12.0. The van der Waals surface area contributed by atoms with Crippen LogP contribution in [0.3, 0.4) is 0 Å². The third kappa shape index (κ3) is 12.0. The van der Waals surface area contributed by atoms with Gasteiger partial charge < -0.3 is 36.4 Å². The van der Waals surface area contributed by atoms with E-state index in [0.29, 0.717) is 27.0 Å². The second kappa shape index (κ2) is 20.4. The molecule has 0 radical (unpaired) electrons. The first-order valence-electron chi connectivity index (χ1n) is 20.9. The molecule has 4 saturated heterocycles. The molecule has 0 aromatic heterocycles. The number of anilines is 2. The van der Waals surface area contributed by atoms with Gasteiger partial charge in [-0.2, -0.15) is 0 Å². The van der Waals surface area contributed by atoms with Crippen molar-refractivity contribution >= 4 is 64.6 Å². The van der Waals surface area contributed by atoms with E-state index >= 15 is 0 Å². The highest BCUT2D eigenvalue weighted by Crippen LogP contribution is 2.28. The van der Waals surface area contributed by atoms with Gasteiger partial charge in [0.05, 0.1) is 29.9 Å². The average molecular weight is 901 g/mol. The molecular formula is C47H53Cl2F2N9O3. The van der Waals surface area contributed by atoms with Crippen LogP contribution in [0.5, 0.6) is 0 Å². The molecule has 12 nitrogen and oxygen atoms in total. The number of hydrogen-bond acceptors (Lipinski definition) is 8. The molecular weight excluding hydrogens is 847 g/mol. The Morgan fingerprint density at radius 2 is 1.02 bits per heavy atom. The first-order valence-corrected chi connectivity index (χ1v) is 21.7. The highest BCUT2D eigenvalue weighted by atomic mass is 35.5. The van der Waals surface area contributed by atoms with E-state index in [-0.39, 0.29) is 47.6 Å². The number of rotatable bonds is 9. The predicted octanol–water partition coefficient (Wildman–Crippen LogP) is 6.11. The highest BCUT2D eigenvalue weighted by Gasteiger charge is 2.42. The zero-order valence-corrected chi connectivity index (χ0v) is 36.9. The lowest BCUT2D eigenvalue weighted by Crippen LogP contribution is -2.68. The zero-order valence-electron chi connectivity index (χ0n) is 35.3. The van der Waals surface area contributed by atoms with Crippen LogP contribution in [0.4, 0.5) is 25.0 Å². The number of primary amides is 1. The van der Waals surface area contributed by atoms with E-state index in [1.54, 1.807) is 60.7 Å². The van der Waals surface area contributed by atoms with Gasteiger partial charge >= 0.3 is 6.03 Å². The van der Waals surface area contributed by atoms with Crippen LogP contribution in [0.25, 0.3) is 12.2 Å². The van der Waals surface area contributed by atoms with Crippen molar-refractivity contribution in [2.75, 3.05) is 77.5 Å². The monoisotopic (exact) mass is 899 g/mol. The van der Waals surface area contributed by atoms with Crippen LogP contribution in [-0.4, -0.2) is 138 Å². The maximum atomic E-state index is 13.2. The van der Waals surface area contributed by atoms with Crippen molar-refractivity contribution in [1.82, 2.24) is 29.4 Å². The van der Waals surface area contributed by atoms with Crippen molar-refractivity contribution in [3.05, 3.63) is 141 Å². The Bertz CT molecular complexity index is 2300. The fourth-order valence-corrected chi connectivity index (χ4v) is 9.59. The number of benzene rings is 4. The van der Waals surface area contributed by atoms with E-state index < -0.39 is 6.03 Å². The maximum Gasteiger partial charge on any atom is 0.316 e. The molecule has 0 aliphatic carbocycles. The summed E-state index contributed by atoms with van der Waals surface area (Å²) in [6.07, 6.45) is 6.59. The molecule has 5 N–H and O–H groups in total. The number of piperazine rings is 4. The molecule has 0 saturated carbocycles. The number of nitrogen functional groups attached to an aromatic ring is 1. The van der Waals surface area contributed by atoms with Crippen molar-refractivity contribution in [2.45, 2.75) is 37.3 Å². The molecule has 4 heterocycles. The Morgan fingerprint density at radius 1 is 0.619 bits per heavy atom.